The maximum absolute atomic E-state index is 13.5. The molecule has 0 spiro atoms. The summed E-state index contributed by atoms with van der Waals surface area (Å²) in [6, 6.07) is 4.21. The minimum Gasteiger partial charge on any atom is -0.394 e. The van der Waals surface area contributed by atoms with Crippen molar-refractivity contribution in [1.82, 2.24) is 34.6 Å². The minimum atomic E-state index is -0.519. The van der Waals surface area contributed by atoms with Gasteiger partial charge in [0.15, 0.2) is 5.65 Å². The molecular weight excluding hydrogens is 367 g/mol. The van der Waals surface area contributed by atoms with Gasteiger partial charge in [-0.15, -0.1) is 10.2 Å². The Kier molecular flexibility index (Phi) is 4.57. The maximum Gasteiger partial charge on any atom is 0.253 e. The summed E-state index contributed by atoms with van der Waals surface area (Å²) in [7, 11) is 0. The molecule has 0 fully saturated rings. The average molecular weight is 384 g/mol. The summed E-state index contributed by atoms with van der Waals surface area (Å²) in [5.74, 6) is -0.0415. The molecule has 11 heteroatoms. The molecule has 4 heterocycles. The lowest BCUT2D eigenvalue weighted by atomic mass is 10.1. The molecule has 0 unspecified atom stereocenters. The number of aromatic nitrogens is 7. The Morgan fingerprint density at radius 1 is 1.39 bits per heavy atom. The molecule has 1 atom stereocenters. The van der Waals surface area contributed by atoms with Crippen LogP contribution in [0.25, 0.3) is 17.0 Å². The molecular formula is C17H17FN8O2. The molecule has 0 saturated carbocycles. The van der Waals surface area contributed by atoms with Crippen molar-refractivity contribution in [3.63, 3.8) is 0 Å². The number of fused-ring (bicyclic) bond motifs is 1. The van der Waals surface area contributed by atoms with Crippen LogP contribution in [-0.2, 0) is 6.54 Å². The molecule has 0 saturated heterocycles. The van der Waals surface area contributed by atoms with Crippen LogP contribution in [0.5, 0.6) is 0 Å². The normalized spacial score (nSPS) is 12.4. The van der Waals surface area contributed by atoms with Gasteiger partial charge < -0.3 is 15.4 Å². The maximum atomic E-state index is 13.5. The number of halogens is 1. The van der Waals surface area contributed by atoms with Gasteiger partial charge in [-0.25, -0.2) is 18.6 Å². The van der Waals surface area contributed by atoms with E-state index in [-0.39, 0.29) is 17.7 Å². The Bertz CT molecular complexity index is 1180. The molecule has 144 valence electrons. The fraction of sp³-hybridized carbons (Fsp3) is 0.235. The van der Waals surface area contributed by atoms with Crippen LogP contribution in [0.15, 0.2) is 41.6 Å². The first-order chi connectivity index (χ1) is 13.5. The summed E-state index contributed by atoms with van der Waals surface area (Å²) < 4.78 is 16.6. The highest BCUT2D eigenvalue weighted by atomic mass is 19.1. The van der Waals surface area contributed by atoms with Crippen molar-refractivity contribution in [2.24, 2.45) is 0 Å². The molecule has 0 aliphatic rings. The Balaban J connectivity index is 1.65. The molecule has 4 rings (SSSR count). The van der Waals surface area contributed by atoms with Crippen LogP contribution in [-0.4, -0.2) is 46.3 Å². The van der Waals surface area contributed by atoms with Crippen molar-refractivity contribution in [3.8, 4) is 11.4 Å². The number of hydrogen-bond donors (Lipinski definition) is 3. The van der Waals surface area contributed by atoms with Gasteiger partial charge in [0.2, 0.25) is 0 Å². The number of H-pyrrole nitrogens is 1. The van der Waals surface area contributed by atoms with Crippen molar-refractivity contribution < 1.29 is 9.50 Å². The van der Waals surface area contributed by atoms with E-state index in [2.05, 4.69) is 30.7 Å². The second kappa shape index (κ2) is 7.19. The van der Waals surface area contributed by atoms with E-state index >= 15 is 0 Å². The smallest absolute Gasteiger partial charge is 0.253 e. The van der Waals surface area contributed by atoms with Gasteiger partial charge in [-0.2, -0.15) is 0 Å². The summed E-state index contributed by atoms with van der Waals surface area (Å²) in [6.07, 6.45) is 4.33. The summed E-state index contributed by atoms with van der Waals surface area (Å²) in [4.78, 5) is 18.6. The number of rotatable bonds is 6. The molecule has 0 aromatic carbocycles. The van der Waals surface area contributed by atoms with Crippen molar-refractivity contribution in [1.29, 1.82) is 0 Å². The van der Waals surface area contributed by atoms with Crippen molar-refractivity contribution in [2.45, 2.75) is 19.5 Å². The first kappa shape index (κ1) is 17.8. The second-order valence-electron chi connectivity index (χ2n) is 6.19. The first-order valence-corrected chi connectivity index (χ1v) is 8.56. The largest absolute Gasteiger partial charge is 0.394 e. The second-order valence-corrected chi connectivity index (χ2v) is 6.19. The summed E-state index contributed by atoms with van der Waals surface area (Å²) in [5, 5.41) is 24.6. The van der Waals surface area contributed by atoms with Crippen molar-refractivity contribution in [3.05, 3.63) is 58.5 Å². The minimum absolute atomic E-state index is 0.0423. The fourth-order valence-electron chi connectivity index (χ4n) is 2.85. The third-order valence-corrected chi connectivity index (χ3v) is 4.22. The van der Waals surface area contributed by atoms with Gasteiger partial charge in [-0.05, 0) is 25.1 Å². The number of imidazole rings is 1. The third kappa shape index (κ3) is 3.34. The lowest BCUT2D eigenvalue weighted by Crippen LogP contribution is -2.20. The van der Waals surface area contributed by atoms with Gasteiger partial charge >= 0.3 is 0 Å². The fourth-order valence-corrected chi connectivity index (χ4v) is 2.85. The molecule has 0 aliphatic carbocycles. The topological polar surface area (TPSA) is 126 Å². The molecule has 3 N–H and O–H groups in total. The molecule has 10 nitrogen and oxygen atoms in total. The van der Waals surface area contributed by atoms with E-state index in [1.54, 1.807) is 36.0 Å². The van der Waals surface area contributed by atoms with Gasteiger partial charge in [0, 0.05) is 11.8 Å². The number of aliphatic hydroxyl groups is 1. The highest BCUT2D eigenvalue weighted by Gasteiger charge is 2.14. The van der Waals surface area contributed by atoms with Gasteiger partial charge in [-0.3, -0.25) is 4.79 Å². The molecule has 0 radical (unpaired) electrons. The van der Waals surface area contributed by atoms with E-state index in [0.29, 0.717) is 29.4 Å². The molecule has 28 heavy (non-hydrogen) atoms. The SMILES string of the molecule is C[C@@H](Nc1ccc2ncc(-c3cn(CCO)nn3)n2n1)c1cc(F)c[nH]c1=O. The van der Waals surface area contributed by atoms with Crippen LogP contribution in [0.3, 0.4) is 0 Å². The van der Waals surface area contributed by atoms with Crippen LogP contribution in [0.4, 0.5) is 10.2 Å². The van der Waals surface area contributed by atoms with E-state index in [9.17, 15) is 9.18 Å². The Morgan fingerprint density at radius 2 is 2.25 bits per heavy atom. The predicted octanol–water partition coefficient (Wildman–Crippen LogP) is 0.981. The third-order valence-electron chi connectivity index (χ3n) is 4.22. The number of hydrogen-bond acceptors (Lipinski definition) is 7. The predicted molar refractivity (Wildman–Crippen MR) is 98.1 cm³/mol. The van der Waals surface area contributed by atoms with E-state index in [1.165, 1.54) is 10.7 Å². The number of pyridine rings is 1. The Labute approximate surface area is 157 Å². The summed E-state index contributed by atoms with van der Waals surface area (Å²) in [5.41, 5.74) is 1.68. The van der Waals surface area contributed by atoms with E-state index in [1.807, 2.05) is 0 Å². The Hall–Kier alpha value is -3.60. The number of nitrogens with zero attached hydrogens (tertiary/aromatic N) is 6. The van der Waals surface area contributed by atoms with Crippen LogP contribution in [0.2, 0.25) is 0 Å². The van der Waals surface area contributed by atoms with E-state index in [4.69, 9.17) is 5.11 Å². The van der Waals surface area contributed by atoms with E-state index in [0.717, 1.165) is 6.20 Å². The molecule has 0 aliphatic heterocycles. The highest BCUT2D eigenvalue weighted by molar-refractivity contribution is 5.59. The zero-order valence-electron chi connectivity index (χ0n) is 14.9. The lowest BCUT2D eigenvalue weighted by Gasteiger charge is -2.14. The van der Waals surface area contributed by atoms with Crippen LogP contribution in [0.1, 0.15) is 18.5 Å². The van der Waals surface area contributed by atoms with Crippen molar-refractivity contribution in [2.75, 3.05) is 11.9 Å². The van der Waals surface area contributed by atoms with Gasteiger partial charge in [-0.1, -0.05) is 5.21 Å². The first-order valence-electron chi connectivity index (χ1n) is 8.56. The number of anilines is 1. The molecule has 0 amide bonds. The summed E-state index contributed by atoms with van der Waals surface area (Å²) >= 11 is 0. The molecule has 4 aromatic heterocycles. The molecule has 0 bridgehead atoms. The standard InChI is InChI=1S/C17H17FN8O2/c1-10(12-6-11(18)7-20-17(12)28)21-15-2-3-16-19-8-14(26(16)23-15)13-9-25(4-5-27)24-22-13/h2-3,6-10,27H,4-5H2,1H3,(H,20,28)(H,21,23)/t10-/m1/s1. The Morgan fingerprint density at radius 3 is 3.07 bits per heavy atom. The number of aromatic amines is 1. The zero-order chi connectivity index (χ0) is 19.7. The van der Waals surface area contributed by atoms with Gasteiger partial charge in [0.1, 0.15) is 23.0 Å². The van der Waals surface area contributed by atoms with E-state index < -0.39 is 11.9 Å². The zero-order valence-corrected chi connectivity index (χ0v) is 14.9. The summed E-state index contributed by atoms with van der Waals surface area (Å²) in [6.45, 7) is 2.04. The monoisotopic (exact) mass is 384 g/mol. The van der Waals surface area contributed by atoms with Crippen molar-refractivity contribution >= 4 is 11.5 Å². The highest BCUT2D eigenvalue weighted by Crippen LogP contribution is 2.20. The molecule has 4 aromatic rings. The average Bonchev–Trinajstić information content (AvgIpc) is 3.30. The van der Waals surface area contributed by atoms with Crippen LogP contribution >= 0.6 is 0 Å². The quantitative estimate of drug-likeness (QED) is 0.452. The van der Waals surface area contributed by atoms with Crippen LogP contribution < -0.4 is 10.9 Å². The lowest BCUT2D eigenvalue weighted by molar-refractivity contribution is 0.268. The number of aliphatic hydroxyl groups excluding tert-OH is 1. The van der Waals surface area contributed by atoms with Gasteiger partial charge in [0.05, 0.1) is 31.6 Å². The van der Waals surface area contributed by atoms with Gasteiger partial charge in [0.25, 0.3) is 5.56 Å². The number of nitrogens with one attached hydrogen (secondary N) is 2. The van der Waals surface area contributed by atoms with Crippen LogP contribution in [0, 0.1) is 5.82 Å².